The summed E-state index contributed by atoms with van der Waals surface area (Å²) in [6, 6.07) is 17.0. The molecule has 2 aromatic heterocycles. The first-order chi connectivity index (χ1) is 13.0. The Morgan fingerprint density at radius 3 is 2.33 bits per heavy atom. The maximum atomic E-state index is 5.79. The fraction of sp³-hybridized carbons (Fsp3) is 0.273. The van der Waals surface area contributed by atoms with Gasteiger partial charge >= 0.3 is 0 Å². The summed E-state index contributed by atoms with van der Waals surface area (Å²) in [6.45, 7) is 6.38. The fourth-order valence-corrected chi connectivity index (χ4v) is 4.30. The number of nitrogens with one attached hydrogen (secondary N) is 1. The summed E-state index contributed by atoms with van der Waals surface area (Å²) in [5.41, 5.74) is 7.02. The van der Waals surface area contributed by atoms with E-state index in [1.165, 1.54) is 22.5 Å². The highest BCUT2D eigenvalue weighted by Gasteiger charge is 2.42. The van der Waals surface area contributed by atoms with Crippen LogP contribution in [-0.4, -0.2) is 14.7 Å². The summed E-state index contributed by atoms with van der Waals surface area (Å²) in [6.07, 6.45) is 1.84. The lowest BCUT2D eigenvalue weighted by atomic mass is 10.0. The number of aromatic nitrogens is 2. The van der Waals surface area contributed by atoms with E-state index in [2.05, 4.69) is 84.0 Å². The van der Waals surface area contributed by atoms with Crippen LogP contribution in [0.25, 0.3) is 0 Å². The highest BCUT2D eigenvalue weighted by atomic mass is 32.1. The lowest BCUT2D eigenvalue weighted by Gasteiger charge is -2.29. The predicted molar refractivity (Wildman–Crippen MR) is 114 cm³/mol. The molecular formula is C22H24N4S. The van der Waals surface area contributed by atoms with Gasteiger partial charge in [0.15, 0.2) is 5.11 Å². The topological polar surface area (TPSA) is 33.1 Å². The molecule has 4 rings (SSSR count). The number of hydrogen-bond donors (Lipinski definition) is 1. The van der Waals surface area contributed by atoms with Gasteiger partial charge in [-0.05, 0) is 80.5 Å². The molecule has 1 saturated heterocycles. The molecule has 0 unspecified atom stereocenters. The molecule has 0 aliphatic carbocycles. The van der Waals surface area contributed by atoms with E-state index in [-0.39, 0.29) is 12.1 Å². The van der Waals surface area contributed by atoms with Crippen LogP contribution in [0.4, 0.5) is 5.69 Å². The zero-order chi connectivity index (χ0) is 19.1. The van der Waals surface area contributed by atoms with Gasteiger partial charge < -0.3 is 14.8 Å². The first-order valence-corrected chi connectivity index (χ1v) is 9.57. The Hall–Kier alpha value is -2.66. The van der Waals surface area contributed by atoms with Crippen molar-refractivity contribution in [3.8, 4) is 0 Å². The first-order valence-electron chi connectivity index (χ1n) is 9.17. The number of aryl methyl sites for hydroxylation is 3. The van der Waals surface area contributed by atoms with Crippen molar-refractivity contribution < 1.29 is 0 Å². The molecule has 0 spiro atoms. The average Bonchev–Trinajstić information content (AvgIpc) is 3.14. The molecule has 3 heterocycles. The zero-order valence-electron chi connectivity index (χ0n) is 16.1. The fourth-order valence-electron chi connectivity index (χ4n) is 3.95. The van der Waals surface area contributed by atoms with Crippen LogP contribution in [0.1, 0.15) is 40.3 Å². The van der Waals surface area contributed by atoms with Gasteiger partial charge in [-0.1, -0.05) is 12.1 Å². The second-order valence-corrected chi connectivity index (χ2v) is 7.69. The maximum absolute atomic E-state index is 5.79. The number of anilines is 1. The smallest absolute Gasteiger partial charge is 0.174 e. The van der Waals surface area contributed by atoms with Crippen molar-refractivity contribution in [2.45, 2.75) is 32.9 Å². The lowest BCUT2D eigenvalue weighted by molar-refractivity contribution is 0.539. The minimum Gasteiger partial charge on any atom is -0.351 e. The molecule has 1 aromatic carbocycles. The van der Waals surface area contributed by atoms with Crippen molar-refractivity contribution in [2.75, 3.05) is 4.90 Å². The molecule has 3 aromatic rings. The second kappa shape index (κ2) is 6.82. The van der Waals surface area contributed by atoms with Crippen LogP contribution in [0, 0.1) is 20.8 Å². The maximum Gasteiger partial charge on any atom is 0.174 e. The van der Waals surface area contributed by atoms with Crippen LogP contribution in [0.3, 0.4) is 0 Å². The molecule has 1 aliphatic rings. The third-order valence-corrected chi connectivity index (χ3v) is 5.61. The van der Waals surface area contributed by atoms with E-state index in [1.54, 1.807) is 0 Å². The summed E-state index contributed by atoms with van der Waals surface area (Å²) in [5, 5.41) is 4.26. The van der Waals surface area contributed by atoms with Gasteiger partial charge in [-0.25, -0.2) is 0 Å². The summed E-state index contributed by atoms with van der Waals surface area (Å²) in [5.74, 6) is 0. The predicted octanol–water partition coefficient (Wildman–Crippen LogP) is 4.52. The summed E-state index contributed by atoms with van der Waals surface area (Å²) >= 11 is 5.79. The SMILES string of the molecule is Cc1cc(C)cc(N2C(=S)N[C@H](c3ccccn3)[C@H]2c2ccc(C)n2C)c1. The number of thiocarbonyl (C=S) groups is 1. The first kappa shape index (κ1) is 17.7. The van der Waals surface area contributed by atoms with Crippen LogP contribution in [0.15, 0.2) is 54.7 Å². The van der Waals surface area contributed by atoms with Gasteiger partial charge in [0.05, 0.1) is 11.7 Å². The molecule has 1 N–H and O–H groups in total. The van der Waals surface area contributed by atoms with Gasteiger partial charge in [-0.3, -0.25) is 4.98 Å². The third kappa shape index (κ3) is 3.12. The van der Waals surface area contributed by atoms with Gasteiger partial charge in [0.2, 0.25) is 0 Å². The largest absolute Gasteiger partial charge is 0.351 e. The van der Waals surface area contributed by atoms with Crippen molar-refractivity contribution in [1.29, 1.82) is 0 Å². The standard InChI is InChI=1S/C22H24N4S/c1-14-11-15(2)13-17(12-14)26-21(19-9-8-16(3)25(19)4)20(24-22(26)27)18-7-5-6-10-23-18/h5-13,20-21H,1-4H3,(H,24,27)/t20-,21-/m1/s1. The Kier molecular flexibility index (Phi) is 4.48. The van der Waals surface area contributed by atoms with Crippen LogP contribution in [0.5, 0.6) is 0 Å². The minimum atomic E-state index is -0.00693. The number of pyridine rings is 1. The monoisotopic (exact) mass is 376 g/mol. The van der Waals surface area contributed by atoms with Crippen LogP contribution >= 0.6 is 12.2 Å². The number of nitrogens with zero attached hydrogens (tertiary/aromatic N) is 3. The normalized spacial score (nSPS) is 19.4. The molecule has 4 nitrogen and oxygen atoms in total. The van der Waals surface area contributed by atoms with E-state index in [9.17, 15) is 0 Å². The van der Waals surface area contributed by atoms with E-state index < -0.39 is 0 Å². The van der Waals surface area contributed by atoms with E-state index in [0.29, 0.717) is 0 Å². The van der Waals surface area contributed by atoms with Crippen molar-refractivity contribution >= 4 is 23.0 Å². The van der Waals surface area contributed by atoms with Gasteiger partial charge in [0.25, 0.3) is 0 Å². The van der Waals surface area contributed by atoms with E-state index in [1.807, 2.05) is 18.3 Å². The second-order valence-electron chi connectivity index (χ2n) is 7.30. The Balaban J connectivity index is 1.88. The van der Waals surface area contributed by atoms with Gasteiger partial charge in [0.1, 0.15) is 6.04 Å². The molecule has 1 fully saturated rings. The Morgan fingerprint density at radius 2 is 1.74 bits per heavy atom. The molecule has 138 valence electrons. The van der Waals surface area contributed by atoms with Gasteiger partial charge in [0, 0.05) is 30.3 Å². The van der Waals surface area contributed by atoms with Gasteiger partial charge in [-0.15, -0.1) is 0 Å². The Morgan fingerprint density at radius 1 is 1.00 bits per heavy atom. The van der Waals surface area contributed by atoms with Crippen molar-refractivity contribution in [3.05, 3.63) is 82.9 Å². The molecule has 0 bridgehead atoms. The summed E-state index contributed by atoms with van der Waals surface area (Å²) in [7, 11) is 2.11. The highest BCUT2D eigenvalue weighted by Crippen LogP contribution is 2.42. The molecule has 5 heteroatoms. The van der Waals surface area contributed by atoms with Crippen LogP contribution in [-0.2, 0) is 7.05 Å². The molecule has 0 saturated carbocycles. The average molecular weight is 377 g/mol. The quantitative estimate of drug-likeness (QED) is 0.681. The Labute approximate surface area is 165 Å². The summed E-state index contributed by atoms with van der Waals surface area (Å²) < 4.78 is 2.24. The third-order valence-electron chi connectivity index (χ3n) is 5.30. The zero-order valence-corrected chi connectivity index (χ0v) is 16.9. The van der Waals surface area contributed by atoms with E-state index in [4.69, 9.17) is 12.2 Å². The molecule has 27 heavy (non-hydrogen) atoms. The Bertz CT molecular complexity index is 973. The number of rotatable bonds is 3. The summed E-state index contributed by atoms with van der Waals surface area (Å²) in [4.78, 5) is 6.85. The molecule has 2 atom stereocenters. The van der Waals surface area contributed by atoms with Crippen LogP contribution in [0.2, 0.25) is 0 Å². The highest BCUT2D eigenvalue weighted by molar-refractivity contribution is 7.80. The van der Waals surface area contributed by atoms with E-state index >= 15 is 0 Å². The molecule has 1 aliphatic heterocycles. The number of benzene rings is 1. The molecular weight excluding hydrogens is 352 g/mol. The van der Waals surface area contributed by atoms with Gasteiger partial charge in [-0.2, -0.15) is 0 Å². The minimum absolute atomic E-state index is 0.00693. The molecule has 0 amide bonds. The van der Waals surface area contributed by atoms with Crippen LogP contribution < -0.4 is 10.2 Å². The lowest BCUT2D eigenvalue weighted by Crippen LogP contribution is -2.30. The van der Waals surface area contributed by atoms with E-state index in [0.717, 1.165) is 16.5 Å². The van der Waals surface area contributed by atoms with Crippen molar-refractivity contribution in [1.82, 2.24) is 14.9 Å². The molecule has 0 radical (unpaired) electrons. The van der Waals surface area contributed by atoms with Crippen molar-refractivity contribution in [3.63, 3.8) is 0 Å². The van der Waals surface area contributed by atoms with Crippen molar-refractivity contribution in [2.24, 2.45) is 7.05 Å². The number of hydrogen-bond acceptors (Lipinski definition) is 2.